The molecule has 0 saturated heterocycles. The van der Waals surface area contributed by atoms with E-state index in [0.717, 1.165) is 6.92 Å². The van der Waals surface area contributed by atoms with Crippen LogP contribution in [0, 0.1) is 20.2 Å². The highest BCUT2D eigenvalue weighted by Crippen LogP contribution is 2.10. The molecule has 0 fully saturated rings. The summed E-state index contributed by atoms with van der Waals surface area (Å²) in [7, 11) is 0. The maximum atomic E-state index is 9.97. The number of alkyl halides is 1. The van der Waals surface area contributed by atoms with Crippen molar-refractivity contribution in [2.24, 2.45) is 0 Å². The molecule has 0 saturated carbocycles. The monoisotopic (exact) mass is 168 g/mol. The maximum absolute atomic E-state index is 9.97. The lowest BCUT2D eigenvalue weighted by atomic mass is 10.3. The molecular weight excluding hydrogens is 163 g/mol. The number of halogens is 1. The normalized spacial score (nSPS) is 11.0. The van der Waals surface area contributed by atoms with Crippen LogP contribution in [0.15, 0.2) is 0 Å². The molecule has 0 spiro atoms. The smallest absolute Gasteiger partial charge is 0.258 e. The SMILES string of the molecule is CC(CCl)([N+](=O)[O-])[N+](=O)[O-]. The highest BCUT2D eigenvalue weighted by molar-refractivity contribution is 6.18. The van der Waals surface area contributed by atoms with Crippen LogP contribution in [0.25, 0.3) is 0 Å². The fraction of sp³-hybridized carbons (Fsp3) is 1.00. The van der Waals surface area contributed by atoms with Gasteiger partial charge in [0.15, 0.2) is 5.88 Å². The van der Waals surface area contributed by atoms with Crippen molar-refractivity contribution in [1.82, 2.24) is 0 Å². The van der Waals surface area contributed by atoms with Gasteiger partial charge in [-0.3, -0.25) is 20.2 Å². The van der Waals surface area contributed by atoms with Crippen LogP contribution in [0.3, 0.4) is 0 Å². The van der Waals surface area contributed by atoms with Crippen molar-refractivity contribution < 1.29 is 9.85 Å². The molecule has 0 aliphatic carbocycles. The number of nitro groups is 2. The minimum atomic E-state index is -2.25. The van der Waals surface area contributed by atoms with Crippen LogP contribution in [-0.4, -0.2) is 21.4 Å². The second-order valence-corrected chi connectivity index (χ2v) is 2.13. The van der Waals surface area contributed by atoms with Crippen molar-refractivity contribution >= 4 is 11.6 Å². The molecule has 0 N–H and O–H groups in total. The van der Waals surface area contributed by atoms with E-state index in [0.29, 0.717) is 0 Å². The number of hydrogen-bond donors (Lipinski definition) is 0. The third-order valence-electron chi connectivity index (χ3n) is 1.04. The Labute approximate surface area is 61.1 Å². The molecule has 0 aromatic carbocycles. The van der Waals surface area contributed by atoms with E-state index in [1.54, 1.807) is 0 Å². The van der Waals surface area contributed by atoms with E-state index in [1.807, 2.05) is 0 Å². The lowest BCUT2D eigenvalue weighted by Gasteiger charge is -2.07. The fourth-order valence-corrected chi connectivity index (χ4v) is 0.359. The molecule has 10 heavy (non-hydrogen) atoms. The first-order valence-electron chi connectivity index (χ1n) is 2.30. The van der Waals surface area contributed by atoms with Gasteiger partial charge in [-0.25, -0.2) is 0 Å². The molecule has 58 valence electrons. The Kier molecular flexibility index (Phi) is 2.53. The number of rotatable bonds is 3. The van der Waals surface area contributed by atoms with Crippen LogP contribution in [-0.2, 0) is 0 Å². The summed E-state index contributed by atoms with van der Waals surface area (Å²) < 4.78 is 0. The highest BCUT2D eigenvalue weighted by atomic mass is 35.5. The van der Waals surface area contributed by atoms with E-state index >= 15 is 0 Å². The summed E-state index contributed by atoms with van der Waals surface area (Å²) in [6.07, 6.45) is 0. The first-order valence-corrected chi connectivity index (χ1v) is 2.83. The Morgan fingerprint density at radius 1 is 1.40 bits per heavy atom. The van der Waals surface area contributed by atoms with Crippen LogP contribution >= 0.6 is 11.6 Å². The summed E-state index contributed by atoms with van der Waals surface area (Å²) in [5, 5.41) is 19.9. The summed E-state index contributed by atoms with van der Waals surface area (Å²) >= 11 is 5.02. The van der Waals surface area contributed by atoms with Crippen molar-refractivity contribution in [3.05, 3.63) is 20.2 Å². The van der Waals surface area contributed by atoms with Gasteiger partial charge in [0.2, 0.25) is 0 Å². The van der Waals surface area contributed by atoms with Crippen molar-refractivity contribution in [1.29, 1.82) is 0 Å². The lowest BCUT2D eigenvalue weighted by molar-refractivity contribution is -0.785. The number of hydrogen-bond acceptors (Lipinski definition) is 4. The summed E-state index contributed by atoms with van der Waals surface area (Å²) in [5.41, 5.74) is -2.25. The lowest BCUT2D eigenvalue weighted by Crippen LogP contribution is -2.44. The molecule has 0 aromatic heterocycles. The van der Waals surface area contributed by atoms with Gasteiger partial charge in [-0.15, -0.1) is 11.6 Å². The predicted molar refractivity (Wildman–Crippen MR) is 33.1 cm³/mol. The third-order valence-corrected chi connectivity index (χ3v) is 1.55. The van der Waals surface area contributed by atoms with Gasteiger partial charge in [0.05, 0.1) is 16.8 Å². The summed E-state index contributed by atoms with van der Waals surface area (Å²) in [4.78, 5) is 17.9. The maximum Gasteiger partial charge on any atom is 0.468 e. The van der Waals surface area contributed by atoms with Crippen molar-refractivity contribution in [2.45, 2.75) is 12.6 Å². The van der Waals surface area contributed by atoms with Gasteiger partial charge in [0.1, 0.15) is 0 Å². The zero-order valence-electron chi connectivity index (χ0n) is 5.11. The molecule has 0 amide bonds. The van der Waals surface area contributed by atoms with Gasteiger partial charge in [-0.2, -0.15) is 0 Å². The van der Waals surface area contributed by atoms with Gasteiger partial charge in [0, 0.05) is 0 Å². The zero-order chi connectivity index (χ0) is 8.36. The topological polar surface area (TPSA) is 86.3 Å². The summed E-state index contributed by atoms with van der Waals surface area (Å²) in [5.74, 6) is -0.632. The molecule has 0 aliphatic heterocycles. The minimum absolute atomic E-state index is 0.632. The van der Waals surface area contributed by atoms with E-state index in [9.17, 15) is 20.2 Å². The standard InChI is InChI=1S/C3H5ClN2O4/c1-3(2-4,5(7)8)6(9)10/h2H2,1H3. The van der Waals surface area contributed by atoms with Gasteiger partial charge >= 0.3 is 5.66 Å². The first kappa shape index (κ1) is 9.09. The highest BCUT2D eigenvalue weighted by Gasteiger charge is 2.49. The molecule has 7 heteroatoms. The second kappa shape index (κ2) is 2.78. The van der Waals surface area contributed by atoms with Gasteiger partial charge < -0.3 is 0 Å². The molecular formula is C3H5ClN2O4. The Bertz CT molecular complexity index is 156. The molecule has 0 heterocycles. The molecule has 0 bridgehead atoms. The second-order valence-electron chi connectivity index (χ2n) is 1.86. The van der Waals surface area contributed by atoms with E-state index in [-0.39, 0.29) is 0 Å². The molecule has 6 nitrogen and oxygen atoms in total. The fourth-order valence-electron chi connectivity index (χ4n) is 0.164. The van der Waals surface area contributed by atoms with Crippen LogP contribution in [0.2, 0.25) is 0 Å². The van der Waals surface area contributed by atoms with E-state index in [1.165, 1.54) is 0 Å². The van der Waals surface area contributed by atoms with Gasteiger partial charge in [-0.05, 0) is 0 Å². The van der Waals surface area contributed by atoms with Crippen molar-refractivity contribution in [3.8, 4) is 0 Å². The van der Waals surface area contributed by atoms with Crippen LogP contribution < -0.4 is 0 Å². The van der Waals surface area contributed by atoms with Crippen molar-refractivity contribution in [3.63, 3.8) is 0 Å². The molecule has 0 aliphatic rings. The zero-order valence-corrected chi connectivity index (χ0v) is 5.87. The first-order chi connectivity index (χ1) is 4.45. The van der Waals surface area contributed by atoms with Crippen LogP contribution in [0.1, 0.15) is 6.92 Å². The number of nitrogens with zero attached hydrogens (tertiary/aromatic N) is 2. The molecule has 0 aromatic rings. The van der Waals surface area contributed by atoms with Gasteiger partial charge in [-0.1, -0.05) is 0 Å². The minimum Gasteiger partial charge on any atom is -0.258 e. The predicted octanol–water partition coefficient (Wildman–Crippen LogP) is 0.495. The summed E-state index contributed by atoms with van der Waals surface area (Å²) in [6.45, 7) is 0.861. The Morgan fingerprint density at radius 3 is 1.70 bits per heavy atom. The molecule has 0 atom stereocenters. The molecule has 0 rings (SSSR count). The molecule has 0 radical (unpaired) electrons. The van der Waals surface area contributed by atoms with E-state index in [2.05, 4.69) is 0 Å². The quantitative estimate of drug-likeness (QED) is 0.266. The average molecular weight is 169 g/mol. The van der Waals surface area contributed by atoms with Crippen LogP contribution in [0.4, 0.5) is 0 Å². The average Bonchev–Trinajstić information content (AvgIpc) is 1.85. The third kappa shape index (κ3) is 1.32. The Balaban J connectivity index is 4.55. The van der Waals surface area contributed by atoms with E-state index < -0.39 is 21.4 Å². The largest absolute Gasteiger partial charge is 0.468 e. The van der Waals surface area contributed by atoms with Crippen LogP contribution in [0.5, 0.6) is 0 Å². The Morgan fingerprint density at radius 2 is 1.70 bits per heavy atom. The van der Waals surface area contributed by atoms with Crippen molar-refractivity contribution in [2.75, 3.05) is 5.88 Å². The Hall–Kier alpha value is -0.910. The van der Waals surface area contributed by atoms with E-state index in [4.69, 9.17) is 11.6 Å². The summed E-state index contributed by atoms with van der Waals surface area (Å²) in [6, 6.07) is 0. The van der Waals surface area contributed by atoms with Gasteiger partial charge in [0.25, 0.3) is 0 Å². The molecule has 0 unspecified atom stereocenters.